The van der Waals surface area contributed by atoms with Crippen molar-refractivity contribution in [3.05, 3.63) is 114 Å². The first-order valence-corrected chi connectivity index (χ1v) is 14.9. The van der Waals surface area contributed by atoms with Crippen LogP contribution < -0.4 is 4.74 Å². The van der Waals surface area contributed by atoms with Crippen LogP contribution >= 0.6 is 0 Å². The van der Waals surface area contributed by atoms with Gasteiger partial charge in [0.25, 0.3) is 0 Å². The standard InChI is InChI=1S/C35H38N6O3/c1-35(2,3)41(34(42)43)31(19-25-21-37-30-12-8-6-10-28(25)30)33-39-38-32(40(33)22-23-13-16-26(44-4)17-14-23)18-15-24-20-36-29-11-7-5-9-27(24)29/h5-14,16-17,20-21,31,36-37H,15,18-19,22H2,1-4H3,(H,42,43)/t31-/m1/s1. The SMILES string of the molecule is COc1ccc(Cn2c(CCc3c[nH]c4ccccc34)nnc2[C@@H](Cc2c[nH]c3ccccc23)N(C(=O)O)C(C)(C)C)cc1. The molecule has 1 amide bonds. The van der Waals surface area contributed by atoms with Crippen molar-refractivity contribution in [1.82, 2.24) is 29.6 Å². The van der Waals surface area contributed by atoms with Crippen LogP contribution in [-0.4, -0.2) is 53.5 Å². The van der Waals surface area contributed by atoms with Gasteiger partial charge in [-0.25, -0.2) is 4.79 Å². The number of ether oxygens (including phenoxy) is 1. The molecule has 0 spiro atoms. The van der Waals surface area contributed by atoms with Crippen molar-refractivity contribution in [1.29, 1.82) is 0 Å². The Bertz CT molecular complexity index is 1890. The molecule has 9 nitrogen and oxygen atoms in total. The summed E-state index contributed by atoms with van der Waals surface area (Å²) in [6.07, 6.45) is 4.88. The number of amides is 1. The monoisotopic (exact) mass is 590 g/mol. The molecule has 3 N–H and O–H groups in total. The second-order valence-electron chi connectivity index (χ2n) is 12.2. The summed E-state index contributed by atoms with van der Waals surface area (Å²) in [6.45, 7) is 6.26. The first-order chi connectivity index (χ1) is 21.2. The number of carbonyl (C=O) groups is 1. The van der Waals surface area contributed by atoms with Crippen LogP contribution in [-0.2, 0) is 25.8 Å². The van der Waals surface area contributed by atoms with E-state index in [1.54, 1.807) is 7.11 Å². The number of nitrogens with one attached hydrogen (secondary N) is 2. The number of aromatic nitrogens is 5. The van der Waals surface area contributed by atoms with E-state index in [2.05, 4.69) is 38.9 Å². The quantitative estimate of drug-likeness (QED) is 0.157. The smallest absolute Gasteiger partial charge is 0.408 e. The minimum Gasteiger partial charge on any atom is -0.497 e. The maximum Gasteiger partial charge on any atom is 0.408 e. The molecule has 6 rings (SSSR count). The molecule has 0 bridgehead atoms. The van der Waals surface area contributed by atoms with E-state index in [0.29, 0.717) is 25.2 Å². The maximum atomic E-state index is 12.9. The van der Waals surface area contributed by atoms with Crippen LogP contribution in [0.1, 0.15) is 55.2 Å². The fourth-order valence-electron chi connectivity index (χ4n) is 6.15. The minimum atomic E-state index is -0.998. The van der Waals surface area contributed by atoms with Gasteiger partial charge in [-0.15, -0.1) is 10.2 Å². The van der Waals surface area contributed by atoms with E-state index in [1.165, 1.54) is 15.8 Å². The number of hydrogen-bond donors (Lipinski definition) is 3. The molecule has 0 radical (unpaired) electrons. The van der Waals surface area contributed by atoms with E-state index in [9.17, 15) is 9.90 Å². The number of carboxylic acid groups (broad SMARTS) is 1. The number of rotatable bonds is 10. The first kappa shape index (κ1) is 29.0. The average Bonchev–Trinajstić information content (AvgIpc) is 3.72. The van der Waals surface area contributed by atoms with Gasteiger partial charge in [-0.2, -0.15) is 0 Å². The molecule has 0 aliphatic rings. The van der Waals surface area contributed by atoms with Gasteiger partial charge in [0.15, 0.2) is 5.82 Å². The topological polar surface area (TPSA) is 112 Å². The summed E-state index contributed by atoms with van der Waals surface area (Å²) in [7, 11) is 1.65. The lowest BCUT2D eigenvalue weighted by Crippen LogP contribution is -2.48. The molecular weight excluding hydrogens is 552 g/mol. The number of H-pyrrole nitrogens is 2. The molecule has 1 atom stereocenters. The summed E-state index contributed by atoms with van der Waals surface area (Å²) < 4.78 is 7.49. The van der Waals surface area contributed by atoms with Gasteiger partial charge in [0.1, 0.15) is 11.6 Å². The molecule has 6 aromatic rings. The highest BCUT2D eigenvalue weighted by atomic mass is 16.5. The number of para-hydroxylation sites is 2. The van der Waals surface area contributed by atoms with E-state index in [1.807, 2.05) is 81.6 Å². The molecule has 0 aliphatic carbocycles. The molecule has 3 aromatic heterocycles. The van der Waals surface area contributed by atoms with Gasteiger partial charge in [-0.1, -0.05) is 48.5 Å². The maximum absolute atomic E-state index is 12.9. The van der Waals surface area contributed by atoms with Crippen molar-refractivity contribution < 1.29 is 14.6 Å². The lowest BCUT2D eigenvalue weighted by atomic mass is 9.97. The predicted octanol–water partition coefficient (Wildman–Crippen LogP) is 7.15. The Morgan fingerprint density at radius 2 is 1.50 bits per heavy atom. The summed E-state index contributed by atoms with van der Waals surface area (Å²) in [6, 6.07) is 23.7. The van der Waals surface area contributed by atoms with Crippen LogP contribution in [0.15, 0.2) is 85.2 Å². The van der Waals surface area contributed by atoms with Crippen molar-refractivity contribution in [3.63, 3.8) is 0 Å². The summed E-state index contributed by atoms with van der Waals surface area (Å²) in [4.78, 5) is 21.2. The van der Waals surface area contributed by atoms with Crippen molar-refractivity contribution in [3.8, 4) is 5.75 Å². The normalized spacial score (nSPS) is 12.5. The Morgan fingerprint density at radius 3 is 2.11 bits per heavy atom. The zero-order valence-corrected chi connectivity index (χ0v) is 25.5. The van der Waals surface area contributed by atoms with Gasteiger partial charge < -0.3 is 24.4 Å². The van der Waals surface area contributed by atoms with Gasteiger partial charge in [0.2, 0.25) is 0 Å². The summed E-state index contributed by atoms with van der Waals surface area (Å²) in [5.74, 6) is 2.21. The minimum absolute atomic E-state index is 0.441. The summed E-state index contributed by atoms with van der Waals surface area (Å²) >= 11 is 0. The van der Waals surface area contributed by atoms with E-state index < -0.39 is 17.7 Å². The largest absolute Gasteiger partial charge is 0.497 e. The second kappa shape index (κ2) is 11.9. The van der Waals surface area contributed by atoms with Gasteiger partial charge in [0, 0.05) is 52.6 Å². The van der Waals surface area contributed by atoms with Crippen LogP contribution in [0.25, 0.3) is 21.8 Å². The van der Waals surface area contributed by atoms with Crippen molar-refractivity contribution >= 4 is 27.9 Å². The fraction of sp³-hybridized carbons (Fsp3) is 0.286. The van der Waals surface area contributed by atoms with E-state index in [0.717, 1.165) is 45.5 Å². The molecule has 0 saturated heterocycles. The Kier molecular flexibility index (Phi) is 7.86. The number of hydrogen-bond acceptors (Lipinski definition) is 4. The van der Waals surface area contributed by atoms with Gasteiger partial charge in [0.05, 0.1) is 19.7 Å². The number of nitrogens with zero attached hydrogens (tertiary/aromatic N) is 4. The van der Waals surface area contributed by atoms with Gasteiger partial charge >= 0.3 is 6.09 Å². The highest BCUT2D eigenvalue weighted by molar-refractivity contribution is 5.84. The number of aromatic amines is 2. The molecule has 9 heteroatoms. The number of fused-ring (bicyclic) bond motifs is 2. The lowest BCUT2D eigenvalue weighted by Gasteiger charge is -2.39. The summed E-state index contributed by atoms with van der Waals surface area (Å²) in [5.41, 5.74) is 4.70. The lowest BCUT2D eigenvalue weighted by molar-refractivity contribution is 0.0656. The Morgan fingerprint density at radius 1 is 0.886 bits per heavy atom. The Labute approximate surface area is 256 Å². The third-order valence-corrected chi connectivity index (χ3v) is 8.28. The molecule has 44 heavy (non-hydrogen) atoms. The third kappa shape index (κ3) is 5.77. The molecule has 0 fully saturated rings. The number of aryl methyl sites for hydroxylation is 2. The second-order valence-corrected chi connectivity index (χ2v) is 12.2. The fourth-order valence-corrected chi connectivity index (χ4v) is 6.15. The van der Waals surface area contributed by atoms with Crippen LogP contribution in [0.5, 0.6) is 5.75 Å². The van der Waals surface area contributed by atoms with E-state index in [4.69, 9.17) is 14.9 Å². The Hall–Kier alpha value is -5.05. The molecule has 0 aliphatic heterocycles. The zero-order chi connectivity index (χ0) is 30.8. The van der Waals surface area contributed by atoms with Crippen molar-refractivity contribution in [2.45, 2.75) is 58.2 Å². The van der Waals surface area contributed by atoms with E-state index >= 15 is 0 Å². The molecular formula is C35H38N6O3. The van der Waals surface area contributed by atoms with E-state index in [-0.39, 0.29) is 0 Å². The highest BCUT2D eigenvalue weighted by Gasteiger charge is 2.38. The average molecular weight is 591 g/mol. The summed E-state index contributed by atoms with van der Waals surface area (Å²) in [5, 5.41) is 22.3. The Balaban J connectivity index is 1.44. The molecule has 0 unspecified atom stereocenters. The number of methoxy groups -OCH3 is 1. The van der Waals surface area contributed by atoms with Crippen LogP contribution in [0.2, 0.25) is 0 Å². The van der Waals surface area contributed by atoms with Crippen molar-refractivity contribution in [2.75, 3.05) is 7.11 Å². The van der Waals surface area contributed by atoms with Crippen LogP contribution in [0, 0.1) is 0 Å². The zero-order valence-electron chi connectivity index (χ0n) is 25.5. The molecule has 3 aromatic carbocycles. The van der Waals surface area contributed by atoms with Gasteiger partial charge in [-0.3, -0.25) is 4.90 Å². The first-order valence-electron chi connectivity index (χ1n) is 14.9. The van der Waals surface area contributed by atoms with Crippen LogP contribution in [0.4, 0.5) is 4.79 Å². The number of benzene rings is 3. The molecule has 3 heterocycles. The van der Waals surface area contributed by atoms with Gasteiger partial charge in [-0.05, 0) is 68.1 Å². The molecule has 0 saturated carbocycles. The van der Waals surface area contributed by atoms with Crippen molar-refractivity contribution in [2.24, 2.45) is 0 Å². The predicted molar refractivity (Wildman–Crippen MR) is 172 cm³/mol. The highest BCUT2D eigenvalue weighted by Crippen LogP contribution is 2.34. The van der Waals surface area contributed by atoms with Crippen LogP contribution in [0.3, 0.4) is 0 Å². The third-order valence-electron chi connectivity index (χ3n) is 8.28. The molecule has 226 valence electrons.